The van der Waals surface area contributed by atoms with Crippen LogP contribution in [0.1, 0.15) is 52.4 Å². The molecule has 0 spiro atoms. The van der Waals surface area contributed by atoms with Crippen LogP contribution in [0.4, 0.5) is 0 Å². The van der Waals surface area contributed by atoms with E-state index in [9.17, 15) is 4.79 Å². The lowest BCUT2D eigenvalue weighted by Crippen LogP contribution is -2.37. The fourth-order valence-corrected chi connectivity index (χ4v) is 2.69. The van der Waals surface area contributed by atoms with Crippen molar-refractivity contribution in [2.45, 2.75) is 58.4 Å². The minimum absolute atomic E-state index is 0.210. The maximum atomic E-state index is 11.7. The molecule has 1 fully saturated rings. The first-order valence-corrected chi connectivity index (χ1v) is 7.98. The van der Waals surface area contributed by atoms with Crippen molar-refractivity contribution in [3.05, 3.63) is 0 Å². The van der Waals surface area contributed by atoms with Crippen LogP contribution in [0.5, 0.6) is 0 Å². The molecule has 1 atom stereocenters. The van der Waals surface area contributed by atoms with Gasteiger partial charge in [0.25, 0.3) is 0 Å². The highest BCUT2D eigenvalue weighted by Crippen LogP contribution is 2.03. The Labute approximate surface area is 118 Å². The van der Waals surface area contributed by atoms with E-state index in [4.69, 9.17) is 0 Å². The van der Waals surface area contributed by atoms with Gasteiger partial charge in [-0.1, -0.05) is 13.8 Å². The summed E-state index contributed by atoms with van der Waals surface area (Å²) in [7, 11) is 0. The highest BCUT2D eigenvalue weighted by molar-refractivity contribution is 5.75. The van der Waals surface area contributed by atoms with Gasteiger partial charge in [0.2, 0.25) is 5.91 Å². The Morgan fingerprint density at radius 2 is 2.00 bits per heavy atom. The van der Waals surface area contributed by atoms with Crippen molar-refractivity contribution in [3.8, 4) is 0 Å². The molecule has 4 heteroatoms. The van der Waals surface area contributed by atoms with Gasteiger partial charge in [-0.15, -0.1) is 0 Å². The van der Waals surface area contributed by atoms with Crippen LogP contribution in [0.15, 0.2) is 0 Å². The second-order valence-electron chi connectivity index (χ2n) is 5.54. The van der Waals surface area contributed by atoms with Crippen molar-refractivity contribution in [2.75, 3.05) is 32.7 Å². The molecule has 1 aliphatic heterocycles. The molecule has 0 aromatic carbocycles. The second-order valence-corrected chi connectivity index (χ2v) is 5.54. The molecule has 2 N–H and O–H groups in total. The van der Waals surface area contributed by atoms with Gasteiger partial charge < -0.3 is 15.5 Å². The third-order valence-electron chi connectivity index (χ3n) is 3.67. The Morgan fingerprint density at radius 3 is 2.58 bits per heavy atom. The summed E-state index contributed by atoms with van der Waals surface area (Å²) in [6.07, 6.45) is 6.46. The van der Waals surface area contributed by atoms with Crippen molar-refractivity contribution in [2.24, 2.45) is 0 Å². The monoisotopic (exact) mass is 269 g/mol. The van der Waals surface area contributed by atoms with E-state index in [-0.39, 0.29) is 5.91 Å². The quantitative estimate of drug-likeness (QED) is 0.635. The standard InChI is InChI=1S/C15H31N3O/c1-3-10-18(11-4-2)12-6-8-15(19)17-13-14-7-5-9-16-14/h14,16H,3-13H2,1-2H3,(H,17,19). The molecule has 1 aliphatic rings. The molecule has 1 saturated heterocycles. The van der Waals surface area contributed by atoms with E-state index in [0.717, 1.165) is 39.1 Å². The Balaban J connectivity index is 2.04. The number of amides is 1. The molecule has 0 aromatic heterocycles. The van der Waals surface area contributed by atoms with Gasteiger partial charge in [-0.25, -0.2) is 0 Å². The second kappa shape index (κ2) is 10.2. The molecule has 112 valence electrons. The van der Waals surface area contributed by atoms with Gasteiger partial charge in [-0.05, 0) is 58.3 Å². The minimum Gasteiger partial charge on any atom is -0.355 e. The summed E-state index contributed by atoms with van der Waals surface area (Å²) >= 11 is 0. The van der Waals surface area contributed by atoms with E-state index in [0.29, 0.717) is 12.5 Å². The van der Waals surface area contributed by atoms with Crippen LogP contribution >= 0.6 is 0 Å². The Kier molecular flexibility index (Phi) is 8.84. The van der Waals surface area contributed by atoms with E-state index in [2.05, 4.69) is 29.4 Å². The summed E-state index contributed by atoms with van der Waals surface area (Å²) < 4.78 is 0. The minimum atomic E-state index is 0.210. The van der Waals surface area contributed by atoms with Gasteiger partial charge in [0.05, 0.1) is 0 Å². The van der Waals surface area contributed by atoms with Crippen molar-refractivity contribution in [3.63, 3.8) is 0 Å². The Hall–Kier alpha value is -0.610. The molecule has 1 unspecified atom stereocenters. The van der Waals surface area contributed by atoms with Gasteiger partial charge in [0.1, 0.15) is 0 Å². The van der Waals surface area contributed by atoms with Crippen molar-refractivity contribution < 1.29 is 4.79 Å². The van der Waals surface area contributed by atoms with Crippen LogP contribution in [-0.2, 0) is 4.79 Å². The van der Waals surface area contributed by atoms with Crippen LogP contribution < -0.4 is 10.6 Å². The van der Waals surface area contributed by atoms with Crippen LogP contribution in [0.3, 0.4) is 0 Å². The number of hydrogen-bond acceptors (Lipinski definition) is 3. The smallest absolute Gasteiger partial charge is 0.220 e. The topological polar surface area (TPSA) is 44.4 Å². The number of carbonyl (C=O) groups is 1. The van der Waals surface area contributed by atoms with Gasteiger partial charge in [0.15, 0.2) is 0 Å². The first-order chi connectivity index (χ1) is 9.26. The molecule has 19 heavy (non-hydrogen) atoms. The molecule has 0 radical (unpaired) electrons. The fraction of sp³-hybridized carbons (Fsp3) is 0.933. The summed E-state index contributed by atoms with van der Waals surface area (Å²) in [6, 6.07) is 0.501. The van der Waals surface area contributed by atoms with Crippen molar-refractivity contribution >= 4 is 5.91 Å². The zero-order chi connectivity index (χ0) is 13.9. The fourth-order valence-electron chi connectivity index (χ4n) is 2.69. The van der Waals surface area contributed by atoms with Gasteiger partial charge in [-0.2, -0.15) is 0 Å². The predicted molar refractivity (Wildman–Crippen MR) is 80.3 cm³/mol. The normalized spacial score (nSPS) is 19.0. The molecule has 0 saturated carbocycles. The lowest BCUT2D eigenvalue weighted by Gasteiger charge is -2.20. The molecule has 1 amide bonds. The number of carbonyl (C=O) groups excluding carboxylic acids is 1. The van der Waals surface area contributed by atoms with Crippen LogP contribution in [0.25, 0.3) is 0 Å². The number of nitrogens with one attached hydrogen (secondary N) is 2. The number of rotatable bonds is 10. The largest absolute Gasteiger partial charge is 0.355 e. The molecule has 0 aromatic rings. The molecular formula is C15H31N3O. The maximum Gasteiger partial charge on any atom is 0.220 e. The zero-order valence-corrected chi connectivity index (χ0v) is 12.7. The molecule has 0 bridgehead atoms. The maximum absolute atomic E-state index is 11.7. The average Bonchev–Trinajstić information content (AvgIpc) is 2.90. The van der Waals surface area contributed by atoms with E-state index < -0.39 is 0 Å². The van der Waals surface area contributed by atoms with Crippen LogP contribution in [0, 0.1) is 0 Å². The number of hydrogen-bond donors (Lipinski definition) is 2. The van der Waals surface area contributed by atoms with E-state index >= 15 is 0 Å². The SMILES string of the molecule is CCCN(CCC)CCCC(=O)NCC1CCCN1. The molecule has 0 aliphatic carbocycles. The predicted octanol–water partition coefficient (Wildman–Crippen LogP) is 1.76. The van der Waals surface area contributed by atoms with Gasteiger partial charge in [-0.3, -0.25) is 4.79 Å². The summed E-state index contributed by atoms with van der Waals surface area (Å²) in [5.74, 6) is 0.210. The van der Waals surface area contributed by atoms with E-state index in [1.807, 2.05) is 0 Å². The van der Waals surface area contributed by atoms with Crippen LogP contribution in [-0.4, -0.2) is 49.6 Å². The van der Waals surface area contributed by atoms with Crippen molar-refractivity contribution in [1.82, 2.24) is 15.5 Å². The summed E-state index contributed by atoms with van der Waals surface area (Å²) in [5.41, 5.74) is 0. The van der Waals surface area contributed by atoms with Gasteiger partial charge in [0, 0.05) is 19.0 Å². The molecular weight excluding hydrogens is 238 g/mol. The Morgan fingerprint density at radius 1 is 1.26 bits per heavy atom. The van der Waals surface area contributed by atoms with Crippen LogP contribution in [0.2, 0.25) is 0 Å². The molecule has 1 heterocycles. The average molecular weight is 269 g/mol. The third-order valence-corrected chi connectivity index (χ3v) is 3.67. The summed E-state index contributed by atoms with van der Waals surface area (Å²) in [5, 5.41) is 6.44. The highest BCUT2D eigenvalue weighted by Gasteiger charge is 2.14. The first kappa shape index (κ1) is 16.4. The highest BCUT2D eigenvalue weighted by atomic mass is 16.1. The number of nitrogens with zero attached hydrogens (tertiary/aromatic N) is 1. The van der Waals surface area contributed by atoms with E-state index in [1.54, 1.807) is 0 Å². The summed E-state index contributed by atoms with van der Waals surface area (Å²) in [6.45, 7) is 9.68. The lowest BCUT2D eigenvalue weighted by atomic mass is 10.2. The van der Waals surface area contributed by atoms with E-state index in [1.165, 1.54) is 25.7 Å². The third kappa shape index (κ3) is 7.53. The Bertz CT molecular complexity index is 234. The molecule has 1 rings (SSSR count). The first-order valence-electron chi connectivity index (χ1n) is 7.98. The summed E-state index contributed by atoms with van der Waals surface area (Å²) in [4.78, 5) is 14.2. The lowest BCUT2D eigenvalue weighted by molar-refractivity contribution is -0.121. The molecule has 4 nitrogen and oxygen atoms in total. The zero-order valence-electron chi connectivity index (χ0n) is 12.7. The van der Waals surface area contributed by atoms with Gasteiger partial charge >= 0.3 is 0 Å². The van der Waals surface area contributed by atoms with Crippen molar-refractivity contribution in [1.29, 1.82) is 0 Å².